The fourth-order valence-corrected chi connectivity index (χ4v) is 3.89. The molecule has 0 N–H and O–H groups in total. The van der Waals surface area contributed by atoms with Crippen LogP contribution in [0.4, 0.5) is 0 Å². The van der Waals surface area contributed by atoms with Crippen LogP contribution in [0.2, 0.25) is 0 Å². The standard InChI is InChI=1S/C23H24N4O2/c1-29-20-6-4-5-18(13-20)14-23(28)26-11-9-25(10-12-26)16-19-17-27-8-3-2-7-22(27)21(19)15-24/h2-8,13,17H,9-12,14,16H2,1H3. The minimum absolute atomic E-state index is 0.144. The van der Waals surface area contributed by atoms with Gasteiger partial charge in [-0.1, -0.05) is 18.2 Å². The van der Waals surface area contributed by atoms with Gasteiger partial charge in [0.15, 0.2) is 0 Å². The molecule has 4 rings (SSSR count). The smallest absolute Gasteiger partial charge is 0.227 e. The van der Waals surface area contributed by atoms with Gasteiger partial charge in [0.2, 0.25) is 5.91 Å². The number of nitriles is 1. The number of aromatic nitrogens is 1. The van der Waals surface area contributed by atoms with Crippen molar-refractivity contribution in [1.82, 2.24) is 14.2 Å². The monoisotopic (exact) mass is 388 g/mol. The Hall–Kier alpha value is -3.30. The van der Waals surface area contributed by atoms with Crippen LogP contribution >= 0.6 is 0 Å². The summed E-state index contributed by atoms with van der Waals surface area (Å²) in [6.45, 7) is 3.75. The van der Waals surface area contributed by atoms with Crippen molar-refractivity contribution in [3.8, 4) is 11.8 Å². The number of carbonyl (C=O) groups excluding carboxylic acids is 1. The molecule has 6 nitrogen and oxygen atoms in total. The van der Waals surface area contributed by atoms with E-state index in [9.17, 15) is 10.1 Å². The van der Waals surface area contributed by atoms with Crippen LogP contribution in [0.1, 0.15) is 16.7 Å². The lowest BCUT2D eigenvalue weighted by Gasteiger charge is -2.34. The third kappa shape index (κ3) is 4.10. The largest absolute Gasteiger partial charge is 0.497 e. The molecule has 1 aliphatic rings. The lowest BCUT2D eigenvalue weighted by Crippen LogP contribution is -2.48. The Morgan fingerprint density at radius 2 is 1.97 bits per heavy atom. The van der Waals surface area contributed by atoms with Crippen molar-refractivity contribution in [3.05, 3.63) is 71.5 Å². The highest BCUT2D eigenvalue weighted by Gasteiger charge is 2.22. The summed E-state index contributed by atoms with van der Waals surface area (Å²) in [5.41, 5.74) is 3.69. The molecule has 1 aliphatic heterocycles. The number of rotatable bonds is 5. The molecular formula is C23H24N4O2. The number of pyridine rings is 1. The first-order valence-corrected chi connectivity index (χ1v) is 9.79. The van der Waals surface area contributed by atoms with Crippen LogP contribution in [0.5, 0.6) is 5.75 Å². The summed E-state index contributed by atoms with van der Waals surface area (Å²) in [6, 6.07) is 15.9. The van der Waals surface area contributed by atoms with Crippen molar-refractivity contribution < 1.29 is 9.53 Å². The molecule has 1 amide bonds. The first kappa shape index (κ1) is 19.0. The van der Waals surface area contributed by atoms with Crippen molar-refractivity contribution in [2.24, 2.45) is 0 Å². The predicted molar refractivity (Wildman–Crippen MR) is 111 cm³/mol. The zero-order chi connectivity index (χ0) is 20.2. The van der Waals surface area contributed by atoms with Gasteiger partial charge in [-0.2, -0.15) is 5.26 Å². The number of methoxy groups -OCH3 is 1. The van der Waals surface area contributed by atoms with Crippen molar-refractivity contribution in [2.75, 3.05) is 33.3 Å². The van der Waals surface area contributed by atoms with Gasteiger partial charge in [-0.25, -0.2) is 0 Å². The van der Waals surface area contributed by atoms with Gasteiger partial charge in [0.1, 0.15) is 11.8 Å². The zero-order valence-corrected chi connectivity index (χ0v) is 16.5. The molecule has 29 heavy (non-hydrogen) atoms. The van der Waals surface area contributed by atoms with E-state index in [4.69, 9.17) is 4.74 Å². The SMILES string of the molecule is COc1cccc(CC(=O)N2CCN(Cc3cn4ccccc4c3C#N)CC2)c1. The molecule has 0 saturated carbocycles. The maximum atomic E-state index is 12.7. The lowest BCUT2D eigenvalue weighted by atomic mass is 10.1. The molecule has 3 heterocycles. The molecule has 148 valence electrons. The van der Waals surface area contributed by atoms with E-state index in [0.29, 0.717) is 19.5 Å². The minimum atomic E-state index is 0.144. The van der Waals surface area contributed by atoms with E-state index in [0.717, 1.165) is 47.6 Å². The second kappa shape index (κ2) is 8.38. The molecule has 0 atom stereocenters. The number of ether oxygens (including phenoxy) is 1. The minimum Gasteiger partial charge on any atom is -0.497 e. The Labute approximate surface area is 170 Å². The molecule has 0 bridgehead atoms. The maximum Gasteiger partial charge on any atom is 0.227 e. The Kier molecular flexibility index (Phi) is 5.50. The van der Waals surface area contributed by atoms with Gasteiger partial charge in [-0.3, -0.25) is 9.69 Å². The van der Waals surface area contributed by atoms with Gasteiger partial charge in [0, 0.05) is 50.7 Å². The van der Waals surface area contributed by atoms with Crippen LogP contribution in [0.15, 0.2) is 54.9 Å². The van der Waals surface area contributed by atoms with E-state index in [1.54, 1.807) is 7.11 Å². The van der Waals surface area contributed by atoms with E-state index < -0.39 is 0 Å². The highest BCUT2D eigenvalue weighted by atomic mass is 16.5. The van der Waals surface area contributed by atoms with Crippen molar-refractivity contribution >= 4 is 11.4 Å². The third-order valence-electron chi connectivity index (χ3n) is 5.48. The average molecular weight is 388 g/mol. The summed E-state index contributed by atoms with van der Waals surface area (Å²) >= 11 is 0. The summed E-state index contributed by atoms with van der Waals surface area (Å²) in [5, 5.41) is 9.58. The quantitative estimate of drug-likeness (QED) is 0.674. The number of hydrogen-bond acceptors (Lipinski definition) is 4. The van der Waals surface area contributed by atoms with E-state index in [-0.39, 0.29) is 5.91 Å². The molecule has 0 spiro atoms. The molecule has 0 aliphatic carbocycles. The summed E-state index contributed by atoms with van der Waals surface area (Å²) in [7, 11) is 1.63. The molecule has 3 aromatic rings. The second-order valence-electron chi connectivity index (χ2n) is 7.32. The van der Waals surface area contributed by atoms with Crippen LogP contribution in [-0.4, -0.2) is 53.4 Å². The average Bonchev–Trinajstić information content (AvgIpc) is 3.11. The van der Waals surface area contributed by atoms with Gasteiger partial charge < -0.3 is 14.0 Å². The number of nitrogens with zero attached hydrogens (tertiary/aromatic N) is 4. The van der Waals surface area contributed by atoms with Crippen LogP contribution in [0.25, 0.3) is 5.52 Å². The van der Waals surface area contributed by atoms with Crippen LogP contribution in [0.3, 0.4) is 0 Å². The Bertz CT molecular complexity index is 1060. The van der Waals surface area contributed by atoms with Crippen LogP contribution < -0.4 is 4.74 Å². The van der Waals surface area contributed by atoms with Gasteiger partial charge in [-0.05, 0) is 29.8 Å². The number of benzene rings is 1. The normalized spacial score (nSPS) is 14.7. The van der Waals surface area contributed by atoms with E-state index in [1.165, 1.54) is 0 Å². The van der Waals surface area contributed by atoms with Crippen molar-refractivity contribution in [3.63, 3.8) is 0 Å². The fourth-order valence-electron chi connectivity index (χ4n) is 3.89. The molecule has 2 aromatic heterocycles. The number of piperazine rings is 1. The molecule has 1 aromatic carbocycles. The van der Waals surface area contributed by atoms with E-state index in [1.807, 2.05) is 64.2 Å². The highest BCUT2D eigenvalue weighted by molar-refractivity contribution is 5.79. The van der Waals surface area contributed by atoms with Gasteiger partial charge in [0.05, 0.1) is 24.6 Å². The van der Waals surface area contributed by atoms with Crippen molar-refractivity contribution in [2.45, 2.75) is 13.0 Å². The summed E-state index contributed by atoms with van der Waals surface area (Å²) < 4.78 is 7.24. The van der Waals surface area contributed by atoms with Crippen LogP contribution in [-0.2, 0) is 17.8 Å². The Morgan fingerprint density at radius 1 is 1.14 bits per heavy atom. The number of fused-ring (bicyclic) bond motifs is 1. The van der Waals surface area contributed by atoms with E-state index >= 15 is 0 Å². The third-order valence-corrected chi connectivity index (χ3v) is 5.48. The number of amides is 1. The first-order chi connectivity index (χ1) is 14.2. The fraction of sp³-hybridized carbons (Fsp3) is 0.304. The topological polar surface area (TPSA) is 61.0 Å². The Morgan fingerprint density at radius 3 is 2.72 bits per heavy atom. The van der Waals surface area contributed by atoms with Crippen molar-refractivity contribution in [1.29, 1.82) is 5.26 Å². The Balaban J connectivity index is 1.36. The molecule has 1 fully saturated rings. The molecule has 0 radical (unpaired) electrons. The van der Waals surface area contributed by atoms with Gasteiger partial charge in [-0.15, -0.1) is 0 Å². The second-order valence-corrected chi connectivity index (χ2v) is 7.32. The molecule has 1 saturated heterocycles. The highest BCUT2D eigenvalue weighted by Crippen LogP contribution is 2.20. The van der Waals surface area contributed by atoms with Gasteiger partial charge >= 0.3 is 0 Å². The molecule has 0 unspecified atom stereocenters. The number of carbonyl (C=O) groups is 1. The zero-order valence-electron chi connectivity index (χ0n) is 16.5. The maximum absolute atomic E-state index is 12.7. The number of hydrogen-bond donors (Lipinski definition) is 0. The molecule has 6 heteroatoms. The predicted octanol–water partition coefficient (Wildman–Crippen LogP) is 2.71. The van der Waals surface area contributed by atoms with E-state index in [2.05, 4.69) is 11.0 Å². The first-order valence-electron chi connectivity index (χ1n) is 9.79. The van der Waals surface area contributed by atoms with Gasteiger partial charge in [0.25, 0.3) is 0 Å². The molecular weight excluding hydrogens is 364 g/mol. The summed E-state index contributed by atoms with van der Waals surface area (Å²) in [4.78, 5) is 16.9. The summed E-state index contributed by atoms with van der Waals surface area (Å²) in [6.07, 6.45) is 4.39. The van der Waals surface area contributed by atoms with Crippen LogP contribution in [0, 0.1) is 11.3 Å². The summed E-state index contributed by atoms with van der Waals surface area (Å²) in [5.74, 6) is 0.915. The lowest BCUT2D eigenvalue weighted by molar-refractivity contribution is -0.132.